The van der Waals surface area contributed by atoms with E-state index in [-0.39, 0.29) is 11.3 Å². The molecular formula is C7H13ClO2. The van der Waals surface area contributed by atoms with Gasteiger partial charge in [0.15, 0.2) is 0 Å². The summed E-state index contributed by atoms with van der Waals surface area (Å²) >= 11 is 5.69. The monoisotopic (exact) mass is 164 g/mol. The summed E-state index contributed by atoms with van der Waals surface area (Å²) in [7, 11) is 0. The molecule has 0 aliphatic carbocycles. The van der Waals surface area contributed by atoms with E-state index in [1.165, 1.54) is 0 Å². The van der Waals surface area contributed by atoms with Crippen LogP contribution in [0.5, 0.6) is 0 Å². The van der Waals surface area contributed by atoms with Crippen molar-refractivity contribution in [3.8, 4) is 0 Å². The minimum atomic E-state index is -0.181. The number of ether oxygens (including phenoxy) is 1. The molecule has 3 heteroatoms. The molecule has 0 aromatic carbocycles. The van der Waals surface area contributed by atoms with Crippen molar-refractivity contribution in [1.29, 1.82) is 0 Å². The molecule has 0 saturated heterocycles. The summed E-state index contributed by atoms with van der Waals surface area (Å²) in [5.41, 5.74) is 0. The molecule has 0 aliphatic rings. The van der Waals surface area contributed by atoms with E-state index >= 15 is 0 Å². The summed E-state index contributed by atoms with van der Waals surface area (Å²) in [6, 6.07) is 0. The van der Waals surface area contributed by atoms with E-state index in [4.69, 9.17) is 16.3 Å². The van der Waals surface area contributed by atoms with E-state index in [0.717, 1.165) is 6.42 Å². The third kappa shape index (κ3) is 4.62. The Morgan fingerprint density at radius 1 is 1.60 bits per heavy atom. The number of carbonyl (C=O) groups is 1. The zero-order chi connectivity index (χ0) is 7.98. The second-order valence-electron chi connectivity index (χ2n) is 2.04. The Morgan fingerprint density at radius 3 is 2.60 bits per heavy atom. The van der Waals surface area contributed by atoms with Crippen LogP contribution in [0, 0.1) is 0 Å². The van der Waals surface area contributed by atoms with Crippen molar-refractivity contribution in [2.75, 3.05) is 6.61 Å². The molecular weight excluding hydrogens is 152 g/mol. The van der Waals surface area contributed by atoms with Crippen LogP contribution in [0.25, 0.3) is 0 Å². The molecule has 10 heavy (non-hydrogen) atoms. The van der Waals surface area contributed by atoms with Crippen LogP contribution in [0.4, 0.5) is 0 Å². The van der Waals surface area contributed by atoms with Gasteiger partial charge in [0.1, 0.15) is 6.61 Å². The van der Waals surface area contributed by atoms with Crippen molar-refractivity contribution in [3.63, 3.8) is 0 Å². The summed E-state index contributed by atoms with van der Waals surface area (Å²) < 4.78 is 4.77. The standard InChI is InChI=1S/C7H13ClO2/c1-3-6(8)5-10-7(9)4-2/h6H,3-5H2,1-2H3. The van der Waals surface area contributed by atoms with Gasteiger partial charge in [0.25, 0.3) is 0 Å². The second-order valence-corrected chi connectivity index (χ2v) is 2.66. The lowest BCUT2D eigenvalue weighted by Crippen LogP contribution is -2.12. The molecule has 0 N–H and O–H groups in total. The third-order valence-corrected chi connectivity index (χ3v) is 1.59. The molecule has 0 aromatic heterocycles. The Bertz CT molecular complexity index is 104. The van der Waals surface area contributed by atoms with Crippen LogP contribution in [0.2, 0.25) is 0 Å². The zero-order valence-electron chi connectivity index (χ0n) is 6.39. The van der Waals surface area contributed by atoms with Crippen LogP contribution >= 0.6 is 11.6 Å². The molecule has 0 fully saturated rings. The normalized spacial score (nSPS) is 12.7. The number of hydrogen-bond donors (Lipinski definition) is 0. The fourth-order valence-corrected chi connectivity index (χ4v) is 0.466. The van der Waals surface area contributed by atoms with Gasteiger partial charge in [-0.05, 0) is 6.42 Å². The minimum Gasteiger partial charge on any atom is -0.464 e. The zero-order valence-corrected chi connectivity index (χ0v) is 7.15. The first-order valence-electron chi connectivity index (χ1n) is 3.50. The van der Waals surface area contributed by atoms with Crippen molar-refractivity contribution in [2.45, 2.75) is 32.1 Å². The van der Waals surface area contributed by atoms with Gasteiger partial charge in [0.2, 0.25) is 0 Å². The van der Waals surface area contributed by atoms with Gasteiger partial charge in [-0.25, -0.2) is 0 Å². The second kappa shape index (κ2) is 5.54. The summed E-state index contributed by atoms with van der Waals surface area (Å²) in [5, 5.41) is -0.0319. The first-order chi connectivity index (χ1) is 4.70. The van der Waals surface area contributed by atoms with E-state index in [1.807, 2.05) is 6.92 Å². The lowest BCUT2D eigenvalue weighted by molar-refractivity contribution is -0.143. The molecule has 0 saturated carbocycles. The number of carbonyl (C=O) groups excluding carboxylic acids is 1. The van der Waals surface area contributed by atoms with Gasteiger partial charge in [-0.3, -0.25) is 4.79 Å². The van der Waals surface area contributed by atoms with E-state index in [9.17, 15) is 4.79 Å². The van der Waals surface area contributed by atoms with Gasteiger partial charge in [-0.15, -0.1) is 11.6 Å². The predicted molar refractivity (Wildman–Crippen MR) is 41.2 cm³/mol. The number of halogens is 1. The summed E-state index contributed by atoms with van der Waals surface area (Å²) in [5.74, 6) is -0.181. The molecule has 2 nitrogen and oxygen atoms in total. The van der Waals surface area contributed by atoms with Crippen molar-refractivity contribution in [3.05, 3.63) is 0 Å². The molecule has 0 rings (SSSR count). The van der Waals surface area contributed by atoms with Crippen molar-refractivity contribution in [1.82, 2.24) is 0 Å². The van der Waals surface area contributed by atoms with Gasteiger partial charge in [0.05, 0.1) is 5.38 Å². The van der Waals surface area contributed by atoms with Crippen LogP contribution in [-0.2, 0) is 9.53 Å². The number of rotatable bonds is 4. The first-order valence-corrected chi connectivity index (χ1v) is 3.94. The molecule has 0 spiro atoms. The largest absolute Gasteiger partial charge is 0.464 e. The van der Waals surface area contributed by atoms with E-state index in [2.05, 4.69) is 0 Å². The van der Waals surface area contributed by atoms with Gasteiger partial charge in [-0.2, -0.15) is 0 Å². The lowest BCUT2D eigenvalue weighted by Gasteiger charge is -2.05. The lowest BCUT2D eigenvalue weighted by atomic mass is 10.3. The van der Waals surface area contributed by atoms with Gasteiger partial charge >= 0.3 is 5.97 Å². The maximum atomic E-state index is 10.6. The Hall–Kier alpha value is -0.240. The van der Waals surface area contributed by atoms with Crippen LogP contribution < -0.4 is 0 Å². The molecule has 1 atom stereocenters. The van der Waals surface area contributed by atoms with E-state index in [1.54, 1.807) is 6.92 Å². The van der Waals surface area contributed by atoms with E-state index < -0.39 is 0 Å². The minimum absolute atomic E-state index is 0.0319. The number of alkyl halides is 1. The van der Waals surface area contributed by atoms with Crippen LogP contribution in [0.15, 0.2) is 0 Å². The van der Waals surface area contributed by atoms with Gasteiger partial charge < -0.3 is 4.74 Å². The van der Waals surface area contributed by atoms with Crippen molar-refractivity contribution >= 4 is 17.6 Å². The summed E-state index contributed by atoms with van der Waals surface area (Å²) in [6.07, 6.45) is 1.26. The van der Waals surface area contributed by atoms with E-state index in [0.29, 0.717) is 13.0 Å². The van der Waals surface area contributed by atoms with Crippen LogP contribution in [0.1, 0.15) is 26.7 Å². The SMILES string of the molecule is CCC(=O)OCC(Cl)CC. The number of hydrogen-bond acceptors (Lipinski definition) is 2. The fourth-order valence-electron chi connectivity index (χ4n) is 0.403. The predicted octanol–water partition coefficient (Wildman–Crippen LogP) is 1.96. The molecule has 0 bridgehead atoms. The summed E-state index contributed by atoms with van der Waals surface area (Å²) in [6.45, 7) is 4.06. The maximum Gasteiger partial charge on any atom is 0.305 e. The molecule has 1 unspecified atom stereocenters. The molecule has 0 aromatic rings. The van der Waals surface area contributed by atoms with Crippen molar-refractivity contribution < 1.29 is 9.53 Å². The van der Waals surface area contributed by atoms with Crippen LogP contribution in [0.3, 0.4) is 0 Å². The highest BCUT2D eigenvalue weighted by atomic mass is 35.5. The number of esters is 1. The highest BCUT2D eigenvalue weighted by molar-refractivity contribution is 6.20. The average Bonchev–Trinajstić information content (AvgIpc) is 1.99. The Labute approximate surface area is 66.5 Å². The van der Waals surface area contributed by atoms with Crippen LogP contribution in [-0.4, -0.2) is 18.0 Å². The Balaban J connectivity index is 3.26. The molecule has 0 amide bonds. The molecule has 0 radical (unpaired) electrons. The molecule has 60 valence electrons. The highest BCUT2D eigenvalue weighted by Crippen LogP contribution is 2.01. The quantitative estimate of drug-likeness (QED) is 0.469. The van der Waals surface area contributed by atoms with Gasteiger partial charge in [-0.1, -0.05) is 13.8 Å². The first kappa shape index (κ1) is 9.76. The third-order valence-electron chi connectivity index (χ3n) is 1.16. The molecule has 0 heterocycles. The van der Waals surface area contributed by atoms with Gasteiger partial charge in [0, 0.05) is 6.42 Å². The fraction of sp³-hybridized carbons (Fsp3) is 0.857. The average molecular weight is 165 g/mol. The topological polar surface area (TPSA) is 26.3 Å². The summed E-state index contributed by atoms with van der Waals surface area (Å²) in [4.78, 5) is 10.6. The van der Waals surface area contributed by atoms with Crippen molar-refractivity contribution in [2.24, 2.45) is 0 Å². The Morgan fingerprint density at radius 2 is 2.20 bits per heavy atom. The maximum absolute atomic E-state index is 10.6. The Kier molecular flexibility index (Phi) is 5.40. The molecule has 0 aliphatic heterocycles. The smallest absolute Gasteiger partial charge is 0.305 e. The highest BCUT2D eigenvalue weighted by Gasteiger charge is 2.03.